The number of hydrogen-bond acceptors (Lipinski definition) is 2. The number of benzene rings is 3. The summed E-state index contributed by atoms with van der Waals surface area (Å²) in [5.41, 5.74) is 7.95. The van der Waals surface area contributed by atoms with Crippen molar-refractivity contribution in [1.82, 2.24) is 9.55 Å². The predicted octanol–water partition coefficient (Wildman–Crippen LogP) is 5.53. The third-order valence-electron chi connectivity index (χ3n) is 6.31. The Morgan fingerprint density at radius 1 is 0.935 bits per heavy atom. The molecule has 1 saturated heterocycles. The van der Waals surface area contributed by atoms with E-state index < -0.39 is 0 Å². The van der Waals surface area contributed by atoms with Gasteiger partial charge < -0.3 is 9.47 Å². The van der Waals surface area contributed by atoms with Gasteiger partial charge in [0.25, 0.3) is 0 Å². The summed E-state index contributed by atoms with van der Waals surface area (Å²) in [6, 6.07) is 23.1. The number of fused-ring (bicyclic) bond motifs is 1. The van der Waals surface area contributed by atoms with E-state index in [1.54, 1.807) is 0 Å². The second-order valence-corrected chi connectivity index (χ2v) is 8.68. The molecule has 1 aliphatic heterocycles. The maximum absolute atomic E-state index is 13.1. The molecule has 3 aromatic carbocycles. The van der Waals surface area contributed by atoms with E-state index in [9.17, 15) is 4.79 Å². The lowest BCUT2D eigenvalue weighted by Crippen LogP contribution is -2.26. The Bertz CT molecular complexity index is 1270. The van der Waals surface area contributed by atoms with Crippen molar-refractivity contribution in [3.05, 3.63) is 94.8 Å². The molecule has 1 unspecified atom stereocenters. The van der Waals surface area contributed by atoms with Crippen molar-refractivity contribution in [1.29, 1.82) is 0 Å². The van der Waals surface area contributed by atoms with E-state index in [2.05, 4.69) is 79.9 Å². The van der Waals surface area contributed by atoms with Crippen molar-refractivity contribution in [3.63, 3.8) is 0 Å². The fourth-order valence-electron chi connectivity index (χ4n) is 4.89. The summed E-state index contributed by atoms with van der Waals surface area (Å²) in [5.74, 6) is 1.25. The molecule has 1 atom stereocenters. The number of amides is 1. The van der Waals surface area contributed by atoms with Crippen LogP contribution < -0.4 is 4.90 Å². The predicted molar refractivity (Wildman–Crippen MR) is 126 cm³/mol. The van der Waals surface area contributed by atoms with Crippen LogP contribution in [0.15, 0.2) is 66.7 Å². The Kier molecular flexibility index (Phi) is 4.85. The number of carbonyl (C=O) groups excluding carboxylic acids is 1. The first-order valence-corrected chi connectivity index (χ1v) is 10.9. The molecule has 1 aromatic heterocycles. The summed E-state index contributed by atoms with van der Waals surface area (Å²) in [4.78, 5) is 20.0. The number of para-hydroxylation sites is 3. The van der Waals surface area contributed by atoms with Crippen molar-refractivity contribution in [2.45, 2.75) is 39.7 Å². The van der Waals surface area contributed by atoms with Crippen LogP contribution >= 0.6 is 0 Å². The van der Waals surface area contributed by atoms with Gasteiger partial charge in [-0.15, -0.1) is 0 Å². The van der Waals surface area contributed by atoms with E-state index in [-0.39, 0.29) is 11.8 Å². The summed E-state index contributed by atoms with van der Waals surface area (Å²) >= 11 is 0. The van der Waals surface area contributed by atoms with Crippen LogP contribution in [0.5, 0.6) is 0 Å². The molecule has 0 spiro atoms. The van der Waals surface area contributed by atoms with Gasteiger partial charge in [-0.2, -0.15) is 0 Å². The Labute approximate surface area is 183 Å². The van der Waals surface area contributed by atoms with Gasteiger partial charge >= 0.3 is 0 Å². The smallest absolute Gasteiger partial charge is 0.227 e. The molecule has 4 aromatic rings. The highest BCUT2D eigenvalue weighted by Crippen LogP contribution is 2.36. The topological polar surface area (TPSA) is 38.1 Å². The van der Waals surface area contributed by atoms with Crippen molar-refractivity contribution in [3.8, 4) is 0 Å². The first-order valence-electron chi connectivity index (χ1n) is 10.9. The third-order valence-corrected chi connectivity index (χ3v) is 6.31. The highest BCUT2D eigenvalue weighted by atomic mass is 16.2. The summed E-state index contributed by atoms with van der Waals surface area (Å²) in [6.07, 6.45) is 0.491. The van der Waals surface area contributed by atoms with Gasteiger partial charge in [-0.25, -0.2) is 4.98 Å². The maximum Gasteiger partial charge on any atom is 0.227 e. The minimum Gasteiger partial charge on any atom is -0.323 e. The van der Waals surface area contributed by atoms with Crippen molar-refractivity contribution in [2.24, 2.45) is 0 Å². The largest absolute Gasteiger partial charge is 0.323 e. The van der Waals surface area contributed by atoms with Gasteiger partial charge in [0.05, 0.1) is 11.0 Å². The monoisotopic (exact) mass is 409 g/mol. The number of aromatic nitrogens is 2. The van der Waals surface area contributed by atoms with Gasteiger partial charge in [-0.05, 0) is 49.6 Å². The molecular formula is C27H27N3O. The van der Waals surface area contributed by atoms with E-state index in [1.165, 1.54) is 11.1 Å². The molecule has 31 heavy (non-hydrogen) atoms. The molecule has 1 amide bonds. The number of nitrogens with zero attached hydrogens (tertiary/aromatic N) is 3. The standard InChI is InChI=1S/C27H27N3O/c1-18-8-6-11-21(14-18)16-29-24-13-5-4-12-23(24)28-27(29)22-15-25(31)30(17-22)26-19(2)9-7-10-20(26)3/h4-14,22H,15-17H2,1-3H3. The zero-order valence-electron chi connectivity index (χ0n) is 18.3. The van der Waals surface area contributed by atoms with Gasteiger partial charge in [0.2, 0.25) is 5.91 Å². The zero-order chi connectivity index (χ0) is 21.5. The molecule has 0 bridgehead atoms. The lowest BCUT2D eigenvalue weighted by molar-refractivity contribution is -0.117. The van der Waals surface area contributed by atoms with Crippen LogP contribution in [0.4, 0.5) is 5.69 Å². The first-order chi connectivity index (χ1) is 15.0. The van der Waals surface area contributed by atoms with E-state index in [1.807, 2.05) is 17.0 Å². The number of anilines is 1. The van der Waals surface area contributed by atoms with E-state index in [4.69, 9.17) is 4.98 Å². The van der Waals surface area contributed by atoms with E-state index >= 15 is 0 Å². The van der Waals surface area contributed by atoms with E-state index in [0.29, 0.717) is 13.0 Å². The van der Waals surface area contributed by atoms with Crippen LogP contribution in [0, 0.1) is 20.8 Å². The second-order valence-electron chi connectivity index (χ2n) is 8.68. The number of aryl methyl sites for hydroxylation is 3. The summed E-state index contributed by atoms with van der Waals surface area (Å²) in [6.45, 7) is 7.70. The second kappa shape index (κ2) is 7.69. The minimum absolute atomic E-state index is 0.0729. The number of imidazole rings is 1. The van der Waals surface area contributed by atoms with Gasteiger partial charge in [0.1, 0.15) is 5.82 Å². The molecule has 1 aliphatic rings. The maximum atomic E-state index is 13.1. The van der Waals surface area contributed by atoms with Gasteiger partial charge in [0.15, 0.2) is 0 Å². The average Bonchev–Trinajstić information content (AvgIpc) is 3.29. The van der Waals surface area contributed by atoms with Crippen LogP contribution in [0.1, 0.15) is 40.4 Å². The highest BCUT2D eigenvalue weighted by molar-refractivity contribution is 5.98. The molecule has 0 radical (unpaired) electrons. The lowest BCUT2D eigenvalue weighted by Gasteiger charge is -2.21. The number of carbonyl (C=O) groups is 1. The minimum atomic E-state index is 0.0729. The molecule has 1 fully saturated rings. The van der Waals surface area contributed by atoms with Crippen LogP contribution in [-0.4, -0.2) is 22.0 Å². The van der Waals surface area contributed by atoms with Crippen molar-refractivity contribution in [2.75, 3.05) is 11.4 Å². The summed E-state index contributed by atoms with van der Waals surface area (Å²) in [5, 5.41) is 0. The average molecular weight is 410 g/mol. The van der Waals surface area contributed by atoms with Gasteiger partial charge in [-0.3, -0.25) is 4.79 Å². The molecule has 0 aliphatic carbocycles. The van der Waals surface area contributed by atoms with Crippen LogP contribution in [-0.2, 0) is 11.3 Å². The Morgan fingerprint density at radius 2 is 1.68 bits per heavy atom. The molecule has 5 rings (SSSR count). The molecule has 4 nitrogen and oxygen atoms in total. The fourth-order valence-corrected chi connectivity index (χ4v) is 4.89. The molecule has 0 N–H and O–H groups in total. The Balaban J connectivity index is 1.55. The molecule has 2 heterocycles. The summed E-state index contributed by atoms with van der Waals surface area (Å²) < 4.78 is 2.30. The quantitative estimate of drug-likeness (QED) is 0.444. The fraction of sp³-hybridized carbons (Fsp3) is 0.259. The SMILES string of the molecule is Cc1cccc(Cn2c(C3CC(=O)N(c4c(C)cccc4C)C3)nc3ccccc32)c1. The molecule has 4 heteroatoms. The zero-order valence-corrected chi connectivity index (χ0v) is 18.3. The van der Waals surface area contributed by atoms with Gasteiger partial charge in [0, 0.05) is 31.1 Å². The molecular weight excluding hydrogens is 382 g/mol. The van der Waals surface area contributed by atoms with Gasteiger partial charge in [-0.1, -0.05) is 60.2 Å². The molecule has 0 saturated carbocycles. The van der Waals surface area contributed by atoms with Crippen LogP contribution in [0.25, 0.3) is 11.0 Å². The summed E-state index contributed by atoms with van der Waals surface area (Å²) in [7, 11) is 0. The highest BCUT2D eigenvalue weighted by Gasteiger charge is 2.35. The van der Waals surface area contributed by atoms with Crippen LogP contribution in [0.3, 0.4) is 0 Å². The Hall–Kier alpha value is -3.40. The van der Waals surface area contributed by atoms with E-state index in [0.717, 1.165) is 40.2 Å². The number of hydrogen-bond donors (Lipinski definition) is 0. The van der Waals surface area contributed by atoms with Crippen molar-refractivity contribution >= 4 is 22.6 Å². The molecule has 156 valence electrons. The Morgan fingerprint density at radius 3 is 2.45 bits per heavy atom. The van der Waals surface area contributed by atoms with Crippen molar-refractivity contribution < 1.29 is 4.79 Å². The third kappa shape index (κ3) is 3.52. The lowest BCUT2D eigenvalue weighted by atomic mass is 10.1. The first kappa shape index (κ1) is 19.6. The normalized spacial score (nSPS) is 16.4. The van der Waals surface area contributed by atoms with Crippen LogP contribution in [0.2, 0.25) is 0 Å². The number of rotatable bonds is 4.